The summed E-state index contributed by atoms with van der Waals surface area (Å²) in [6.07, 6.45) is 0.733. The van der Waals surface area contributed by atoms with Crippen molar-refractivity contribution in [1.82, 2.24) is 5.32 Å². The van der Waals surface area contributed by atoms with Gasteiger partial charge >= 0.3 is 0 Å². The lowest BCUT2D eigenvalue weighted by molar-refractivity contribution is -0.0671. The highest BCUT2D eigenvalue weighted by Gasteiger charge is 2.29. The van der Waals surface area contributed by atoms with Crippen LogP contribution >= 0.6 is 0 Å². The molecule has 1 aliphatic rings. The van der Waals surface area contributed by atoms with Crippen LogP contribution in [0.4, 0.5) is 0 Å². The van der Waals surface area contributed by atoms with Crippen LogP contribution in [0, 0.1) is 0 Å². The van der Waals surface area contributed by atoms with Crippen molar-refractivity contribution in [3.05, 3.63) is 0 Å². The smallest absolute Gasteiger partial charge is 0.102 e. The SMILES string of the molecule is CC(O)NCC1(O)CCOCC1. The molecule has 72 valence electrons. The van der Waals surface area contributed by atoms with Gasteiger partial charge < -0.3 is 14.9 Å². The molecular weight excluding hydrogens is 158 g/mol. The van der Waals surface area contributed by atoms with E-state index in [-0.39, 0.29) is 0 Å². The molecule has 0 saturated carbocycles. The Bertz CT molecular complexity index is 132. The standard InChI is InChI=1S/C8H17NO3/c1-7(10)9-6-8(11)2-4-12-5-3-8/h7,9-11H,2-6H2,1H3. The highest BCUT2D eigenvalue weighted by molar-refractivity contribution is 4.83. The molecule has 0 aromatic carbocycles. The van der Waals surface area contributed by atoms with Crippen molar-refractivity contribution in [2.45, 2.75) is 31.6 Å². The first-order chi connectivity index (χ1) is 5.62. The Morgan fingerprint density at radius 1 is 1.50 bits per heavy atom. The van der Waals surface area contributed by atoms with E-state index in [4.69, 9.17) is 9.84 Å². The molecule has 4 nitrogen and oxygen atoms in total. The summed E-state index contributed by atoms with van der Waals surface area (Å²) in [6, 6.07) is 0. The van der Waals surface area contributed by atoms with E-state index in [1.165, 1.54) is 0 Å². The second kappa shape index (κ2) is 4.18. The molecule has 1 rings (SSSR count). The Kier molecular flexibility index (Phi) is 3.46. The first-order valence-electron chi connectivity index (χ1n) is 4.34. The van der Waals surface area contributed by atoms with E-state index in [2.05, 4.69) is 5.32 Å². The van der Waals surface area contributed by atoms with Crippen molar-refractivity contribution in [2.75, 3.05) is 19.8 Å². The molecule has 1 aliphatic heterocycles. The summed E-state index contributed by atoms with van der Waals surface area (Å²) >= 11 is 0. The van der Waals surface area contributed by atoms with Crippen molar-refractivity contribution < 1.29 is 14.9 Å². The topological polar surface area (TPSA) is 61.7 Å². The summed E-state index contributed by atoms with van der Waals surface area (Å²) in [6.45, 7) is 3.30. The molecule has 0 spiro atoms. The second-order valence-electron chi connectivity index (χ2n) is 3.39. The van der Waals surface area contributed by atoms with Crippen LogP contribution in [0.25, 0.3) is 0 Å². The third kappa shape index (κ3) is 3.06. The molecule has 0 bridgehead atoms. The number of nitrogens with one attached hydrogen (secondary N) is 1. The Hall–Kier alpha value is -0.160. The van der Waals surface area contributed by atoms with E-state index >= 15 is 0 Å². The third-order valence-corrected chi connectivity index (χ3v) is 2.15. The fourth-order valence-corrected chi connectivity index (χ4v) is 1.27. The number of aliphatic hydroxyl groups excluding tert-OH is 1. The van der Waals surface area contributed by atoms with Gasteiger partial charge in [-0.2, -0.15) is 0 Å². The van der Waals surface area contributed by atoms with Gasteiger partial charge in [0.05, 0.1) is 5.60 Å². The van der Waals surface area contributed by atoms with Crippen LogP contribution in [-0.4, -0.2) is 41.8 Å². The third-order valence-electron chi connectivity index (χ3n) is 2.15. The van der Waals surface area contributed by atoms with Gasteiger partial charge in [0.15, 0.2) is 0 Å². The van der Waals surface area contributed by atoms with Gasteiger partial charge in [0, 0.05) is 32.6 Å². The van der Waals surface area contributed by atoms with E-state index in [9.17, 15) is 5.11 Å². The Morgan fingerprint density at radius 3 is 2.58 bits per heavy atom. The van der Waals surface area contributed by atoms with Gasteiger partial charge in [-0.3, -0.25) is 5.32 Å². The zero-order valence-corrected chi connectivity index (χ0v) is 7.42. The lowest BCUT2D eigenvalue weighted by atomic mass is 9.94. The Morgan fingerprint density at radius 2 is 2.08 bits per heavy atom. The zero-order chi connectivity index (χ0) is 9.03. The number of aliphatic hydroxyl groups is 2. The van der Waals surface area contributed by atoms with Crippen molar-refractivity contribution in [1.29, 1.82) is 0 Å². The van der Waals surface area contributed by atoms with Gasteiger partial charge in [0.25, 0.3) is 0 Å². The minimum Gasteiger partial charge on any atom is -0.388 e. The van der Waals surface area contributed by atoms with Crippen LogP contribution in [-0.2, 0) is 4.74 Å². The molecule has 1 unspecified atom stereocenters. The molecule has 1 fully saturated rings. The van der Waals surface area contributed by atoms with Crippen LogP contribution in [0.2, 0.25) is 0 Å². The summed E-state index contributed by atoms with van der Waals surface area (Å²) in [7, 11) is 0. The van der Waals surface area contributed by atoms with Gasteiger partial charge in [0.2, 0.25) is 0 Å². The molecule has 1 atom stereocenters. The fourth-order valence-electron chi connectivity index (χ4n) is 1.27. The Balaban J connectivity index is 2.26. The first kappa shape index (κ1) is 9.92. The molecule has 4 heteroatoms. The number of hydrogen-bond donors (Lipinski definition) is 3. The number of rotatable bonds is 3. The maximum Gasteiger partial charge on any atom is 0.102 e. The molecule has 0 radical (unpaired) electrons. The molecule has 1 heterocycles. The molecule has 0 amide bonds. The van der Waals surface area contributed by atoms with E-state index in [1.807, 2.05) is 0 Å². The van der Waals surface area contributed by atoms with E-state index in [0.717, 1.165) is 0 Å². The largest absolute Gasteiger partial charge is 0.388 e. The minimum absolute atomic E-state index is 0.439. The lowest BCUT2D eigenvalue weighted by Gasteiger charge is -2.32. The molecule has 0 aromatic heterocycles. The second-order valence-corrected chi connectivity index (χ2v) is 3.39. The minimum atomic E-state index is -0.685. The normalized spacial score (nSPS) is 25.2. The molecule has 12 heavy (non-hydrogen) atoms. The monoisotopic (exact) mass is 175 g/mol. The highest BCUT2D eigenvalue weighted by atomic mass is 16.5. The molecular formula is C8H17NO3. The van der Waals surface area contributed by atoms with Crippen molar-refractivity contribution in [3.63, 3.8) is 0 Å². The summed E-state index contributed by atoms with van der Waals surface area (Å²) in [4.78, 5) is 0. The van der Waals surface area contributed by atoms with Gasteiger partial charge in [-0.15, -0.1) is 0 Å². The summed E-state index contributed by atoms with van der Waals surface area (Å²) < 4.78 is 5.12. The summed E-state index contributed by atoms with van der Waals surface area (Å²) in [5.74, 6) is 0. The summed E-state index contributed by atoms with van der Waals surface area (Å²) in [5.41, 5.74) is -0.685. The maximum absolute atomic E-state index is 9.87. The van der Waals surface area contributed by atoms with Crippen LogP contribution in [0.5, 0.6) is 0 Å². The summed E-state index contributed by atoms with van der Waals surface area (Å²) in [5, 5.41) is 21.6. The van der Waals surface area contributed by atoms with Crippen LogP contribution < -0.4 is 5.32 Å². The van der Waals surface area contributed by atoms with Gasteiger partial charge in [-0.25, -0.2) is 0 Å². The quantitative estimate of drug-likeness (QED) is 0.504. The van der Waals surface area contributed by atoms with Crippen molar-refractivity contribution in [3.8, 4) is 0 Å². The van der Waals surface area contributed by atoms with E-state index in [0.29, 0.717) is 32.6 Å². The van der Waals surface area contributed by atoms with Gasteiger partial charge in [-0.1, -0.05) is 0 Å². The van der Waals surface area contributed by atoms with E-state index < -0.39 is 11.8 Å². The van der Waals surface area contributed by atoms with E-state index in [1.54, 1.807) is 6.92 Å². The number of ether oxygens (including phenoxy) is 1. The predicted octanol–water partition coefficient (Wildman–Crippen LogP) is -0.544. The van der Waals surface area contributed by atoms with Crippen molar-refractivity contribution in [2.24, 2.45) is 0 Å². The molecule has 1 saturated heterocycles. The fraction of sp³-hybridized carbons (Fsp3) is 1.00. The maximum atomic E-state index is 9.87. The highest BCUT2D eigenvalue weighted by Crippen LogP contribution is 2.19. The number of hydrogen-bond acceptors (Lipinski definition) is 4. The molecule has 0 aliphatic carbocycles. The average molecular weight is 175 g/mol. The predicted molar refractivity (Wildman–Crippen MR) is 44.7 cm³/mol. The van der Waals surface area contributed by atoms with Crippen LogP contribution in [0.15, 0.2) is 0 Å². The lowest BCUT2D eigenvalue weighted by Crippen LogP contribution is -2.47. The first-order valence-corrected chi connectivity index (χ1v) is 4.34. The van der Waals surface area contributed by atoms with Crippen LogP contribution in [0.1, 0.15) is 19.8 Å². The van der Waals surface area contributed by atoms with Crippen molar-refractivity contribution >= 4 is 0 Å². The molecule has 0 aromatic rings. The molecule has 3 N–H and O–H groups in total. The average Bonchev–Trinajstić information content (AvgIpc) is 2.03. The zero-order valence-electron chi connectivity index (χ0n) is 7.42. The Labute approximate surface area is 72.5 Å². The van der Waals surface area contributed by atoms with Crippen LogP contribution in [0.3, 0.4) is 0 Å². The van der Waals surface area contributed by atoms with Gasteiger partial charge in [0.1, 0.15) is 6.23 Å². The van der Waals surface area contributed by atoms with Gasteiger partial charge in [-0.05, 0) is 6.92 Å².